The van der Waals surface area contributed by atoms with Crippen LogP contribution in [0.15, 0.2) is 29.2 Å². The molecule has 0 spiro atoms. The quantitative estimate of drug-likeness (QED) is 0.825. The highest BCUT2D eigenvalue weighted by Gasteiger charge is 2.37. The Hall–Kier alpha value is -1.07. The first-order valence-electron chi connectivity index (χ1n) is 7.68. The monoisotopic (exact) mass is 343 g/mol. The minimum absolute atomic E-state index is 0.00279. The van der Waals surface area contributed by atoms with E-state index in [1.807, 2.05) is 13.8 Å². The Balaban J connectivity index is 2.12. The first-order valence-corrected chi connectivity index (χ1v) is 9.60. The van der Waals surface area contributed by atoms with Crippen LogP contribution in [0.25, 0.3) is 0 Å². The first kappa shape index (κ1) is 17.3. The van der Waals surface area contributed by atoms with E-state index in [-0.39, 0.29) is 16.7 Å². The van der Waals surface area contributed by atoms with Gasteiger partial charge in [0.15, 0.2) is 9.84 Å². The summed E-state index contributed by atoms with van der Waals surface area (Å²) in [6.07, 6.45) is 2.08. The molecule has 1 saturated heterocycles. The van der Waals surface area contributed by atoms with Crippen molar-refractivity contribution in [3.8, 4) is 0 Å². The Morgan fingerprint density at radius 1 is 1.27 bits per heavy atom. The van der Waals surface area contributed by atoms with Gasteiger partial charge in [0.05, 0.1) is 10.1 Å². The van der Waals surface area contributed by atoms with Crippen LogP contribution < -0.4 is 0 Å². The fourth-order valence-electron chi connectivity index (χ4n) is 2.89. The number of hydrogen-bond acceptors (Lipinski definition) is 3. The van der Waals surface area contributed by atoms with Crippen molar-refractivity contribution in [3.63, 3.8) is 0 Å². The van der Waals surface area contributed by atoms with Gasteiger partial charge in [0.1, 0.15) is 0 Å². The van der Waals surface area contributed by atoms with Gasteiger partial charge in [-0.3, -0.25) is 4.79 Å². The van der Waals surface area contributed by atoms with Crippen molar-refractivity contribution >= 4 is 27.3 Å². The maximum Gasteiger partial charge on any atom is 0.225 e. The molecule has 1 fully saturated rings. The van der Waals surface area contributed by atoms with Gasteiger partial charge in [-0.25, -0.2) is 8.42 Å². The Morgan fingerprint density at radius 3 is 2.41 bits per heavy atom. The molecular formula is C16H22ClNO3S. The van der Waals surface area contributed by atoms with E-state index in [9.17, 15) is 13.2 Å². The lowest BCUT2D eigenvalue weighted by molar-refractivity contribution is -0.134. The van der Waals surface area contributed by atoms with Gasteiger partial charge in [0.25, 0.3) is 0 Å². The lowest BCUT2D eigenvalue weighted by atomic mass is 10.0. The lowest BCUT2D eigenvalue weighted by Gasteiger charge is -2.21. The summed E-state index contributed by atoms with van der Waals surface area (Å²) in [6, 6.07) is 6.22. The normalized spacial score (nSPS) is 18.9. The SMILES string of the molecule is CCC(CC)C(=O)N1CCC(S(=O)(=O)c2ccc(Cl)cc2)C1. The van der Waals surface area contributed by atoms with Gasteiger partial charge in [-0.1, -0.05) is 25.4 Å². The molecule has 4 nitrogen and oxygen atoms in total. The second-order valence-corrected chi connectivity index (χ2v) is 8.37. The van der Waals surface area contributed by atoms with Crippen LogP contribution in [0.4, 0.5) is 0 Å². The third-order valence-electron chi connectivity index (χ3n) is 4.37. The zero-order valence-electron chi connectivity index (χ0n) is 13.0. The summed E-state index contributed by atoms with van der Waals surface area (Å²) in [5, 5.41) is -0.0112. The van der Waals surface area contributed by atoms with Crippen LogP contribution in [-0.4, -0.2) is 37.6 Å². The van der Waals surface area contributed by atoms with Crippen molar-refractivity contribution in [2.75, 3.05) is 13.1 Å². The molecule has 0 aliphatic carbocycles. The highest BCUT2D eigenvalue weighted by molar-refractivity contribution is 7.92. The van der Waals surface area contributed by atoms with Crippen LogP contribution in [0.5, 0.6) is 0 Å². The van der Waals surface area contributed by atoms with Gasteiger partial charge >= 0.3 is 0 Å². The third kappa shape index (κ3) is 3.46. The van der Waals surface area contributed by atoms with E-state index in [2.05, 4.69) is 0 Å². The van der Waals surface area contributed by atoms with E-state index in [4.69, 9.17) is 11.6 Å². The van der Waals surface area contributed by atoms with Gasteiger partial charge in [0, 0.05) is 24.0 Å². The summed E-state index contributed by atoms with van der Waals surface area (Å²) in [4.78, 5) is 14.4. The van der Waals surface area contributed by atoms with E-state index in [0.717, 1.165) is 12.8 Å². The fourth-order valence-corrected chi connectivity index (χ4v) is 4.71. The number of hydrogen-bond donors (Lipinski definition) is 0. The van der Waals surface area contributed by atoms with Crippen LogP contribution >= 0.6 is 11.6 Å². The molecule has 22 heavy (non-hydrogen) atoms. The highest BCUT2D eigenvalue weighted by Crippen LogP contribution is 2.26. The van der Waals surface area contributed by atoms with Gasteiger partial charge in [-0.2, -0.15) is 0 Å². The molecule has 6 heteroatoms. The molecule has 1 atom stereocenters. The molecular weight excluding hydrogens is 322 g/mol. The van der Waals surface area contributed by atoms with Gasteiger partial charge < -0.3 is 4.90 Å². The maximum atomic E-state index is 12.6. The molecule has 1 aliphatic heterocycles. The summed E-state index contributed by atoms with van der Waals surface area (Å²) in [5.74, 6) is 0.0794. The number of carbonyl (C=O) groups excluding carboxylic acids is 1. The molecule has 1 unspecified atom stereocenters. The standard InChI is InChI=1S/C16H22ClNO3S/c1-3-12(4-2)16(19)18-10-9-15(11-18)22(20,21)14-7-5-13(17)6-8-14/h5-8,12,15H,3-4,9-11H2,1-2H3. The number of rotatable bonds is 5. The highest BCUT2D eigenvalue weighted by atomic mass is 35.5. The molecule has 1 aromatic carbocycles. The maximum absolute atomic E-state index is 12.6. The van der Waals surface area contributed by atoms with E-state index in [0.29, 0.717) is 24.5 Å². The van der Waals surface area contributed by atoms with Crippen molar-refractivity contribution < 1.29 is 13.2 Å². The Morgan fingerprint density at radius 2 is 1.86 bits per heavy atom. The smallest absolute Gasteiger partial charge is 0.225 e. The summed E-state index contributed by atoms with van der Waals surface area (Å²) < 4.78 is 25.3. The van der Waals surface area contributed by atoms with Crippen LogP contribution in [0.2, 0.25) is 5.02 Å². The van der Waals surface area contributed by atoms with Crippen molar-refractivity contribution in [3.05, 3.63) is 29.3 Å². The molecule has 2 rings (SSSR count). The number of carbonyl (C=O) groups is 1. The van der Waals surface area contributed by atoms with Crippen molar-refractivity contribution in [1.82, 2.24) is 4.90 Å². The molecule has 0 radical (unpaired) electrons. The topological polar surface area (TPSA) is 54.5 Å². The molecule has 0 bridgehead atoms. The Bertz CT molecular complexity index is 623. The van der Waals surface area contributed by atoms with E-state index in [1.54, 1.807) is 17.0 Å². The second kappa shape index (κ2) is 7.01. The number of benzene rings is 1. The van der Waals surface area contributed by atoms with Crippen LogP contribution in [0.3, 0.4) is 0 Å². The Labute approximate surface area is 137 Å². The third-order valence-corrected chi connectivity index (χ3v) is 6.82. The molecule has 0 saturated carbocycles. The second-order valence-electron chi connectivity index (χ2n) is 5.71. The minimum Gasteiger partial charge on any atom is -0.341 e. The molecule has 1 aromatic rings. The fraction of sp³-hybridized carbons (Fsp3) is 0.562. The summed E-state index contributed by atoms with van der Waals surface area (Å²) in [6.45, 7) is 4.79. The average molecular weight is 344 g/mol. The van der Waals surface area contributed by atoms with Gasteiger partial charge in [0.2, 0.25) is 5.91 Å². The zero-order valence-corrected chi connectivity index (χ0v) is 14.5. The summed E-state index contributed by atoms with van der Waals surface area (Å²) in [7, 11) is -3.41. The molecule has 0 N–H and O–H groups in total. The van der Waals surface area contributed by atoms with Crippen molar-refractivity contribution in [2.24, 2.45) is 5.92 Å². The molecule has 1 amide bonds. The van der Waals surface area contributed by atoms with E-state index < -0.39 is 15.1 Å². The first-order chi connectivity index (χ1) is 10.4. The van der Waals surface area contributed by atoms with Crippen LogP contribution in [0, 0.1) is 5.92 Å². The predicted octanol–water partition coefficient (Wildman–Crippen LogP) is 3.15. The zero-order chi connectivity index (χ0) is 16.3. The molecule has 1 heterocycles. The van der Waals surface area contributed by atoms with E-state index in [1.165, 1.54) is 12.1 Å². The number of sulfone groups is 1. The average Bonchev–Trinajstić information content (AvgIpc) is 2.99. The van der Waals surface area contributed by atoms with Crippen LogP contribution in [-0.2, 0) is 14.6 Å². The van der Waals surface area contributed by atoms with E-state index >= 15 is 0 Å². The summed E-state index contributed by atoms with van der Waals surface area (Å²) >= 11 is 5.81. The Kier molecular flexibility index (Phi) is 5.50. The largest absolute Gasteiger partial charge is 0.341 e. The lowest BCUT2D eigenvalue weighted by Crippen LogP contribution is -2.35. The number of nitrogens with zero attached hydrogens (tertiary/aromatic N) is 1. The predicted molar refractivity (Wildman–Crippen MR) is 87.7 cm³/mol. The number of likely N-dealkylation sites (tertiary alicyclic amines) is 1. The van der Waals surface area contributed by atoms with Gasteiger partial charge in [-0.05, 0) is 43.5 Å². The van der Waals surface area contributed by atoms with Crippen molar-refractivity contribution in [2.45, 2.75) is 43.3 Å². The van der Waals surface area contributed by atoms with Crippen LogP contribution in [0.1, 0.15) is 33.1 Å². The molecule has 0 aromatic heterocycles. The number of amides is 1. The molecule has 1 aliphatic rings. The van der Waals surface area contributed by atoms with Crippen molar-refractivity contribution in [1.29, 1.82) is 0 Å². The summed E-state index contributed by atoms with van der Waals surface area (Å²) in [5.41, 5.74) is 0. The molecule has 122 valence electrons. The number of halogens is 1. The van der Waals surface area contributed by atoms with Gasteiger partial charge in [-0.15, -0.1) is 0 Å². The minimum atomic E-state index is -3.41.